The number of benzene rings is 1. The molecular weight excluding hydrogens is 190 g/mol. The zero-order chi connectivity index (χ0) is 11.3. The Morgan fingerprint density at radius 1 is 1.33 bits per heavy atom. The first-order chi connectivity index (χ1) is 7.17. The van der Waals surface area contributed by atoms with Crippen LogP contribution in [0.2, 0.25) is 0 Å². The molecule has 84 valence electrons. The van der Waals surface area contributed by atoms with Crippen LogP contribution < -0.4 is 15.2 Å². The van der Waals surface area contributed by atoms with Gasteiger partial charge in [0.25, 0.3) is 0 Å². The first kappa shape index (κ1) is 11.9. The number of nitrogens with two attached hydrogens (primary N) is 1. The van der Waals surface area contributed by atoms with Crippen LogP contribution in [0.4, 0.5) is 0 Å². The Bertz CT molecular complexity index is 301. The molecule has 2 N–H and O–H groups in total. The van der Waals surface area contributed by atoms with E-state index in [1.165, 1.54) is 0 Å². The van der Waals surface area contributed by atoms with Crippen molar-refractivity contribution in [2.45, 2.75) is 32.4 Å². The van der Waals surface area contributed by atoms with Crippen molar-refractivity contribution >= 4 is 0 Å². The minimum Gasteiger partial charge on any atom is -0.497 e. The summed E-state index contributed by atoms with van der Waals surface area (Å²) in [6.07, 6.45) is 0.924. The number of hydrogen-bond acceptors (Lipinski definition) is 3. The molecule has 0 bridgehead atoms. The molecule has 1 rings (SSSR count). The molecule has 1 aromatic carbocycles. The van der Waals surface area contributed by atoms with Gasteiger partial charge in [-0.05, 0) is 25.5 Å². The van der Waals surface area contributed by atoms with Gasteiger partial charge in [-0.3, -0.25) is 0 Å². The van der Waals surface area contributed by atoms with Crippen molar-refractivity contribution in [1.82, 2.24) is 0 Å². The highest BCUT2D eigenvalue weighted by atomic mass is 16.5. The van der Waals surface area contributed by atoms with E-state index in [9.17, 15) is 0 Å². The second kappa shape index (κ2) is 5.61. The van der Waals surface area contributed by atoms with Crippen molar-refractivity contribution < 1.29 is 9.47 Å². The van der Waals surface area contributed by atoms with Gasteiger partial charge in [0.2, 0.25) is 0 Å². The predicted octanol–water partition coefficient (Wildman–Crippen LogP) is 2.20. The molecule has 0 aliphatic heterocycles. The zero-order valence-electron chi connectivity index (χ0n) is 9.57. The first-order valence-electron chi connectivity index (χ1n) is 5.23. The fourth-order valence-corrected chi connectivity index (χ4v) is 1.31. The highest BCUT2D eigenvalue weighted by Crippen LogP contribution is 2.20. The van der Waals surface area contributed by atoms with Crippen molar-refractivity contribution in [3.8, 4) is 11.5 Å². The third-order valence-electron chi connectivity index (χ3n) is 2.44. The number of ether oxygens (including phenoxy) is 2. The third kappa shape index (κ3) is 3.44. The van der Waals surface area contributed by atoms with Gasteiger partial charge in [0.05, 0.1) is 7.11 Å². The van der Waals surface area contributed by atoms with E-state index in [1.807, 2.05) is 31.2 Å². The summed E-state index contributed by atoms with van der Waals surface area (Å²) in [5.74, 6) is 1.59. The molecule has 0 saturated heterocycles. The lowest BCUT2D eigenvalue weighted by molar-refractivity contribution is 0.186. The van der Waals surface area contributed by atoms with Gasteiger partial charge >= 0.3 is 0 Å². The molecule has 0 aliphatic rings. The summed E-state index contributed by atoms with van der Waals surface area (Å²) in [6.45, 7) is 4.03. The topological polar surface area (TPSA) is 44.5 Å². The smallest absolute Gasteiger partial charge is 0.123 e. The van der Waals surface area contributed by atoms with Crippen LogP contribution in [-0.2, 0) is 0 Å². The van der Waals surface area contributed by atoms with Gasteiger partial charge in [-0.1, -0.05) is 13.0 Å². The van der Waals surface area contributed by atoms with E-state index >= 15 is 0 Å². The normalized spacial score (nSPS) is 14.4. The minimum atomic E-state index is 0.0158. The molecule has 0 saturated carbocycles. The summed E-state index contributed by atoms with van der Waals surface area (Å²) in [5.41, 5.74) is 5.88. The quantitative estimate of drug-likeness (QED) is 0.808. The SMILES string of the molecule is CCC(N)C(C)Oc1cccc(OC)c1. The average Bonchev–Trinajstić information content (AvgIpc) is 2.28. The largest absolute Gasteiger partial charge is 0.497 e. The van der Waals surface area contributed by atoms with Crippen molar-refractivity contribution in [2.75, 3.05) is 7.11 Å². The first-order valence-corrected chi connectivity index (χ1v) is 5.23. The van der Waals surface area contributed by atoms with E-state index in [0.29, 0.717) is 0 Å². The molecule has 0 aliphatic carbocycles. The van der Waals surface area contributed by atoms with Gasteiger partial charge in [0, 0.05) is 12.1 Å². The Labute approximate surface area is 91.2 Å². The van der Waals surface area contributed by atoms with Crippen LogP contribution in [0.15, 0.2) is 24.3 Å². The highest BCUT2D eigenvalue weighted by molar-refractivity contribution is 5.32. The molecule has 0 aromatic heterocycles. The summed E-state index contributed by atoms with van der Waals surface area (Å²) >= 11 is 0. The predicted molar refractivity (Wildman–Crippen MR) is 61.4 cm³/mol. The lowest BCUT2D eigenvalue weighted by Gasteiger charge is -2.20. The third-order valence-corrected chi connectivity index (χ3v) is 2.44. The van der Waals surface area contributed by atoms with Crippen LogP contribution in [0.25, 0.3) is 0 Å². The van der Waals surface area contributed by atoms with Crippen molar-refractivity contribution in [3.63, 3.8) is 0 Å². The molecule has 0 fully saturated rings. The van der Waals surface area contributed by atoms with E-state index in [4.69, 9.17) is 15.2 Å². The molecule has 0 spiro atoms. The van der Waals surface area contributed by atoms with Crippen LogP contribution in [0.5, 0.6) is 11.5 Å². The maximum atomic E-state index is 5.88. The minimum absolute atomic E-state index is 0.0158. The molecule has 1 aromatic rings. The van der Waals surface area contributed by atoms with Crippen LogP contribution in [0.3, 0.4) is 0 Å². The van der Waals surface area contributed by atoms with Crippen molar-refractivity contribution in [2.24, 2.45) is 5.73 Å². The molecule has 15 heavy (non-hydrogen) atoms. The molecule has 2 unspecified atom stereocenters. The Kier molecular flexibility index (Phi) is 4.43. The van der Waals surface area contributed by atoms with E-state index in [0.717, 1.165) is 17.9 Å². The molecular formula is C12H19NO2. The fraction of sp³-hybridized carbons (Fsp3) is 0.500. The Morgan fingerprint density at radius 3 is 2.60 bits per heavy atom. The van der Waals surface area contributed by atoms with Gasteiger partial charge in [-0.2, -0.15) is 0 Å². The molecule has 0 amide bonds. The monoisotopic (exact) mass is 209 g/mol. The standard InChI is InChI=1S/C12H19NO2/c1-4-12(13)9(2)15-11-7-5-6-10(8-11)14-3/h5-9,12H,4,13H2,1-3H3. The number of hydrogen-bond donors (Lipinski definition) is 1. The van der Waals surface area contributed by atoms with Crippen LogP contribution in [0, 0.1) is 0 Å². The van der Waals surface area contributed by atoms with Gasteiger partial charge in [-0.25, -0.2) is 0 Å². The Morgan fingerprint density at radius 2 is 2.00 bits per heavy atom. The molecule has 0 radical (unpaired) electrons. The van der Waals surface area contributed by atoms with Gasteiger partial charge in [0.15, 0.2) is 0 Å². The molecule has 3 nitrogen and oxygen atoms in total. The second-order valence-corrected chi connectivity index (χ2v) is 3.57. The van der Waals surface area contributed by atoms with Crippen LogP contribution >= 0.6 is 0 Å². The lowest BCUT2D eigenvalue weighted by Crippen LogP contribution is -2.35. The molecule has 2 atom stereocenters. The fourth-order valence-electron chi connectivity index (χ4n) is 1.31. The summed E-state index contributed by atoms with van der Waals surface area (Å²) in [7, 11) is 1.64. The Hall–Kier alpha value is -1.22. The highest BCUT2D eigenvalue weighted by Gasteiger charge is 2.12. The molecule has 3 heteroatoms. The summed E-state index contributed by atoms with van der Waals surface area (Å²) in [6, 6.07) is 7.62. The Balaban J connectivity index is 2.63. The second-order valence-electron chi connectivity index (χ2n) is 3.57. The average molecular weight is 209 g/mol. The van der Waals surface area contributed by atoms with Gasteiger partial charge in [-0.15, -0.1) is 0 Å². The maximum Gasteiger partial charge on any atom is 0.123 e. The van der Waals surface area contributed by atoms with Crippen molar-refractivity contribution in [1.29, 1.82) is 0 Å². The summed E-state index contributed by atoms with van der Waals surface area (Å²) in [4.78, 5) is 0. The van der Waals surface area contributed by atoms with E-state index in [-0.39, 0.29) is 12.1 Å². The van der Waals surface area contributed by atoms with Crippen LogP contribution in [-0.4, -0.2) is 19.3 Å². The van der Waals surface area contributed by atoms with Crippen molar-refractivity contribution in [3.05, 3.63) is 24.3 Å². The number of methoxy groups -OCH3 is 1. The van der Waals surface area contributed by atoms with E-state index in [2.05, 4.69) is 6.92 Å². The summed E-state index contributed by atoms with van der Waals surface area (Å²) < 4.78 is 10.8. The van der Waals surface area contributed by atoms with E-state index in [1.54, 1.807) is 7.11 Å². The van der Waals surface area contributed by atoms with E-state index < -0.39 is 0 Å². The van der Waals surface area contributed by atoms with Gasteiger partial charge in [0.1, 0.15) is 17.6 Å². The van der Waals surface area contributed by atoms with Crippen LogP contribution in [0.1, 0.15) is 20.3 Å². The maximum absolute atomic E-state index is 5.88. The molecule has 0 heterocycles. The zero-order valence-corrected chi connectivity index (χ0v) is 9.57. The summed E-state index contributed by atoms with van der Waals surface area (Å²) in [5, 5.41) is 0. The lowest BCUT2D eigenvalue weighted by atomic mass is 10.1. The van der Waals surface area contributed by atoms with Gasteiger partial charge < -0.3 is 15.2 Å². The number of rotatable bonds is 5.